The molecular formula is C9H9F2NO. The first-order valence-electron chi connectivity index (χ1n) is 3.58. The van der Waals surface area contributed by atoms with Gasteiger partial charge >= 0.3 is 0 Å². The van der Waals surface area contributed by atoms with E-state index in [1.807, 2.05) is 0 Å². The van der Waals surface area contributed by atoms with Gasteiger partial charge in [0.05, 0.1) is 12.8 Å². The second-order valence-corrected chi connectivity index (χ2v) is 2.41. The molecule has 0 radical (unpaired) electrons. The summed E-state index contributed by atoms with van der Waals surface area (Å²) in [5, 5.41) is 0. The lowest BCUT2D eigenvalue weighted by molar-refractivity contribution is 0.137. The molecule has 70 valence electrons. The third-order valence-electron chi connectivity index (χ3n) is 1.49. The van der Waals surface area contributed by atoms with Gasteiger partial charge in [-0.2, -0.15) is 0 Å². The number of benzene rings is 1. The van der Waals surface area contributed by atoms with Crippen molar-refractivity contribution in [2.45, 2.75) is 0 Å². The van der Waals surface area contributed by atoms with Crippen molar-refractivity contribution in [1.29, 1.82) is 0 Å². The highest BCUT2D eigenvalue weighted by molar-refractivity contribution is 5.60. The minimum Gasteiger partial charge on any atom is -0.279 e. The standard InChI is InChI=1S/C9H9F2NO/c1-6(12-13-2)7-3-4-8(10)9(11)5-7/h3-5,12H,1H2,2H3. The lowest BCUT2D eigenvalue weighted by Crippen LogP contribution is -2.09. The normalized spacial score (nSPS) is 9.77. The van der Waals surface area contributed by atoms with Gasteiger partial charge in [-0.25, -0.2) is 8.78 Å². The van der Waals surface area contributed by atoms with Crippen molar-refractivity contribution in [3.63, 3.8) is 0 Å². The zero-order valence-corrected chi connectivity index (χ0v) is 7.10. The largest absolute Gasteiger partial charge is 0.279 e. The molecule has 0 aliphatic rings. The van der Waals surface area contributed by atoms with Crippen molar-refractivity contribution >= 4 is 5.70 Å². The summed E-state index contributed by atoms with van der Waals surface area (Å²) in [6.45, 7) is 3.56. The molecule has 0 aliphatic carbocycles. The first-order valence-corrected chi connectivity index (χ1v) is 3.58. The highest BCUT2D eigenvalue weighted by Gasteiger charge is 2.04. The molecule has 0 saturated heterocycles. The van der Waals surface area contributed by atoms with E-state index in [4.69, 9.17) is 0 Å². The van der Waals surface area contributed by atoms with E-state index in [-0.39, 0.29) is 0 Å². The zero-order valence-electron chi connectivity index (χ0n) is 7.10. The van der Waals surface area contributed by atoms with Gasteiger partial charge in [0.25, 0.3) is 0 Å². The maximum Gasteiger partial charge on any atom is 0.159 e. The average molecular weight is 185 g/mol. The molecule has 4 heteroatoms. The van der Waals surface area contributed by atoms with E-state index in [9.17, 15) is 8.78 Å². The van der Waals surface area contributed by atoms with E-state index in [0.717, 1.165) is 12.1 Å². The first-order chi connectivity index (χ1) is 6.15. The molecule has 0 amide bonds. The number of halogens is 2. The first kappa shape index (κ1) is 9.67. The minimum atomic E-state index is -0.906. The number of nitrogens with one attached hydrogen (secondary N) is 1. The average Bonchev–Trinajstić information content (AvgIpc) is 2.10. The second kappa shape index (κ2) is 4.00. The summed E-state index contributed by atoms with van der Waals surface area (Å²) < 4.78 is 25.2. The summed E-state index contributed by atoms with van der Waals surface area (Å²) in [5.74, 6) is -1.79. The van der Waals surface area contributed by atoms with Crippen LogP contribution < -0.4 is 5.48 Å². The fourth-order valence-electron chi connectivity index (χ4n) is 0.866. The topological polar surface area (TPSA) is 21.3 Å². The highest BCUT2D eigenvalue weighted by atomic mass is 19.2. The summed E-state index contributed by atoms with van der Waals surface area (Å²) in [6, 6.07) is 3.49. The van der Waals surface area contributed by atoms with Crippen LogP contribution in [0.1, 0.15) is 5.56 Å². The van der Waals surface area contributed by atoms with Crippen LogP contribution in [0.4, 0.5) is 8.78 Å². The SMILES string of the molecule is C=C(NOC)c1ccc(F)c(F)c1. The van der Waals surface area contributed by atoms with Crippen molar-refractivity contribution < 1.29 is 13.6 Å². The van der Waals surface area contributed by atoms with Crippen molar-refractivity contribution in [2.75, 3.05) is 7.11 Å². The van der Waals surface area contributed by atoms with Gasteiger partial charge in [-0.15, -0.1) is 0 Å². The van der Waals surface area contributed by atoms with Crippen molar-refractivity contribution in [3.8, 4) is 0 Å². The lowest BCUT2D eigenvalue weighted by atomic mass is 10.2. The molecule has 0 spiro atoms. The van der Waals surface area contributed by atoms with Crippen molar-refractivity contribution in [3.05, 3.63) is 42.0 Å². The Bertz CT molecular complexity index is 325. The maximum atomic E-state index is 12.7. The van der Waals surface area contributed by atoms with E-state index < -0.39 is 11.6 Å². The van der Waals surface area contributed by atoms with Gasteiger partial charge in [0.2, 0.25) is 0 Å². The van der Waals surface area contributed by atoms with Gasteiger partial charge < -0.3 is 0 Å². The smallest absolute Gasteiger partial charge is 0.159 e. The number of hydroxylamine groups is 1. The minimum absolute atomic E-state index is 0.376. The Morgan fingerprint density at radius 1 is 1.38 bits per heavy atom. The Hall–Kier alpha value is -1.42. The van der Waals surface area contributed by atoms with Gasteiger partial charge in [-0.05, 0) is 18.2 Å². The van der Waals surface area contributed by atoms with E-state index >= 15 is 0 Å². The Balaban J connectivity index is 2.90. The van der Waals surface area contributed by atoms with E-state index in [1.165, 1.54) is 13.2 Å². The second-order valence-electron chi connectivity index (χ2n) is 2.41. The van der Waals surface area contributed by atoms with Crippen molar-refractivity contribution in [2.24, 2.45) is 0 Å². The third-order valence-corrected chi connectivity index (χ3v) is 1.49. The molecule has 0 fully saturated rings. The summed E-state index contributed by atoms with van der Waals surface area (Å²) >= 11 is 0. The number of hydrogen-bond acceptors (Lipinski definition) is 2. The molecule has 0 bridgehead atoms. The monoisotopic (exact) mass is 185 g/mol. The molecule has 1 rings (SSSR count). The molecule has 2 nitrogen and oxygen atoms in total. The fourth-order valence-corrected chi connectivity index (χ4v) is 0.866. The maximum absolute atomic E-state index is 12.7. The number of rotatable bonds is 3. The Morgan fingerprint density at radius 2 is 2.08 bits per heavy atom. The number of hydrogen-bond donors (Lipinski definition) is 1. The van der Waals surface area contributed by atoms with Crippen LogP contribution in [0.2, 0.25) is 0 Å². The van der Waals surface area contributed by atoms with Crippen LogP contribution in [0.3, 0.4) is 0 Å². The van der Waals surface area contributed by atoms with Gasteiger partial charge in [0, 0.05) is 5.56 Å². The molecule has 13 heavy (non-hydrogen) atoms. The predicted molar refractivity (Wildman–Crippen MR) is 45.5 cm³/mol. The Labute approximate surface area is 74.8 Å². The summed E-state index contributed by atoms with van der Waals surface area (Å²) in [5.41, 5.74) is 3.25. The molecule has 0 atom stereocenters. The van der Waals surface area contributed by atoms with Gasteiger partial charge in [-0.3, -0.25) is 10.3 Å². The Morgan fingerprint density at radius 3 is 2.62 bits per heavy atom. The molecular weight excluding hydrogens is 176 g/mol. The highest BCUT2D eigenvalue weighted by Crippen LogP contribution is 2.13. The molecule has 0 aromatic heterocycles. The summed E-state index contributed by atoms with van der Waals surface area (Å²) in [6.07, 6.45) is 0. The van der Waals surface area contributed by atoms with E-state index in [1.54, 1.807) is 0 Å². The quantitative estimate of drug-likeness (QED) is 0.728. The molecule has 0 saturated carbocycles. The van der Waals surface area contributed by atoms with Gasteiger partial charge in [0.15, 0.2) is 11.6 Å². The molecule has 1 N–H and O–H groups in total. The van der Waals surface area contributed by atoms with Gasteiger partial charge in [0.1, 0.15) is 0 Å². The van der Waals surface area contributed by atoms with E-state index in [2.05, 4.69) is 16.9 Å². The van der Waals surface area contributed by atoms with Crippen LogP contribution in [-0.2, 0) is 4.84 Å². The van der Waals surface area contributed by atoms with Crippen LogP contribution in [0.5, 0.6) is 0 Å². The molecule has 0 aliphatic heterocycles. The van der Waals surface area contributed by atoms with Crippen LogP contribution in [-0.4, -0.2) is 7.11 Å². The van der Waals surface area contributed by atoms with Crippen LogP contribution in [0, 0.1) is 11.6 Å². The summed E-state index contributed by atoms with van der Waals surface area (Å²) in [4.78, 5) is 4.56. The van der Waals surface area contributed by atoms with Gasteiger partial charge in [-0.1, -0.05) is 6.58 Å². The molecule has 0 heterocycles. The zero-order chi connectivity index (χ0) is 9.84. The molecule has 1 aromatic carbocycles. The van der Waals surface area contributed by atoms with Crippen LogP contribution in [0.15, 0.2) is 24.8 Å². The third kappa shape index (κ3) is 2.26. The van der Waals surface area contributed by atoms with Crippen LogP contribution in [0.25, 0.3) is 5.70 Å². The lowest BCUT2D eigenvalue weighted by Gasteiger charge is -2.06. The Kier molecular flexibility index (Phi) is 2.97. The predicted octanol–water partition coefficient (Wildman–Crippen LogP) is 2.09. The molecule has 0 unspecified atom stereocenters. The van der Waals surface area contributed by atoms with Crippen LogP contribution >= 0.6 is 0 Å². The summed E-state index contributed by atoms with van der Waals surface area (Å²) in [7, 11) is 1.41. The van der Waals surface area contributed by atoms with E-state index in [0.29, 0.717) is 11.3 Å². The van der Waals surface area contributed by atoms with Crippen molar-refractivity contribution in [1.82, 2.24) is 5.48 Å². The fraction of sp³-hybridized carbons (Fsp3) is 0.111. The molecule has 1 aromatic rings.